The van der Waals surface area contributed by atoms with Crippen molar-refractivity contribution in [1.82, 2.24) is 5.32 Å². The Morgan fingerprint density at radius 1 is 1.60 bits per heavy atom. The quantitative estimate of drug-likeness (QED) is 0.846. The first-order valence-electron chi connectivity index (χ1n) is 6.54. The van der Waals surface area contributed by atoms with Crippen LogP contribution in [0.5, 0.6) is 0 Å². The number of carbonyl (C=O) groups excluding carboxylic acids is 2. The van der Waals surface area contributed by atoms with Gasteiger partial charge in [-0.05, 0) is 41.1 Å². The van der Waals surface area contributed by atoms with Gasteiger partial charge in [-0.3, -0.25) is 9.59 Å². The van der Waals surface area contributed by atoms with Crippen LogP contribution in [0.15, 0.2) is 22.7 Å². The van der Waals surface area contributed by atoms with Crippen LogP contribution in [-0.2, 0) is 9.53 Å². The molecule has 20 heavy (non-hydrogen) atoms. The first kappa shape index (κ1) is 15.0. The van der Waals surface area contributed by atoms with Gasteiger partial charge in [0.2, 0.25) is 5.91 Å². The van der Waals surface area contributed by atoms with E-state index >= 15 is 0 Å². The molecule has 0 radical (unpaired) electrons. The summed E-state index contributed by atoms with van der Waals surface area (Å²) in [6.45, 7) is 4.09. The molecule has 0 aliphatic carbocycles. The zero-order valence-electron chi connectivity index (χ0n) is 11.3. The first-order chi connectivity index (χ1) is 9.67. The van der Waals surface area contributed by atoms with Gasteiger partial charge in [0.1, 0.15) is 6.04 Å². The van der Waals surface area contributed by atoms with Crippen molar-refractivity contribution in [2.24, 2.45) is 0 Å². The van der Waals surface area contributed by atoms with Crippen LogP contribution >= 0.6 is 15.9 Å². The standard InChI is InChI=1S/C14H17BrN2O3/c1-2-16-14(19)13-9-20-6-5-17(13)11-4-3-10(8-18)12(15)7-11/h3-4,7-8,13H,2,5-6,9H2,1H3,(H,16,19). The molecule has 0 saturated carbocycles. The van der Waals surface area contributed by atoms with Crippen molar-refractivity contribution >= 4 is 33.8 Å². The number of halogens is 1. The van der Waals surface area contributed by atoms with Crippen LogP contribution in [0.25, 0.3) is 0 Å². The molecule has 1 heterocycles. The number of nitrogens with zero attached hydrogens (tertiary/aromatic N) is 1. The smallest absolute Gasteiger partial charge is 0.245 e. The lowest BCUT2D eigenvalue weighted by molar-refractivity contribution is -0.124. The van der Waals surface area contributed by atoms with Crippen molar-refractivity contribution in [1.29, 1.82) is 0 Å². The second-order valence-corrected chi connectivity index (χ2v) is 5.36. The highest BCUT2D eigenvalue weighted by Gasteiger charge is 2.29. The maximum atomic E-state index is 12.1. The molecule has 1 N–H and O–H groups in total. The SMILES string of the molecule is CCNC(=O)C1COCCN1c1ccc(C=O)c(Br)c1. The number of hydrogen-bond acceptors (Lipinski definition) is 4. The molecule has 0 aromatic heterocycles. The van der Waals surface area contributed by atoms with Crippen molar-refractivity contribution in [2.45, 2.75) is 13.0 Å². The molecule has 1 aliphatic rings. The fourth-order valence-corrected chi connectivity index (χ4v) is 2.67. The van der Waals surface area contributed by atoms with Gasteiger partial charge in [0, 0.05) is 28.8 Å². The van der Waals surface area contributed by atoms with Gasteiger partial charge in [-0.15, -0.1) is 0 Å². The number of anilines is 1. The molecule has 0 spiro atoms. The van der Waals surface area contributed by atoms with Crippen molar-refractivity contribution in [3.05, 3.63) is 28.2 Å². The topological polar surface area (TPSA) is 58.6 Å². The summed E-state index contributed by atoms with van der Waals surface area (Å²) in [4.78, 5) is 24.9. The van der Waals surface area contributed by atoms with E-state index in [2.05, 4.69) is 21.2 Å². The summed E-state index contributed by atoms with van der Waals surface area (Å²) >= 11 is 3.37. The van der Waals surface area contributed by atoms with Crippen LogP contribution in [0.2, 0.25) is 0 Å². The van der Waals surface area contributed by atoms with E-state index in [0.717, 1.165) is 16.4 Å². The van der Waals surface area contributed by atoms with Crippen LogP contribution < -0.4 is 10.2 Å². The molecule has 2 rings (SSSR count). The zero-order valence-corrected chi connectivity index (χ0v) is 12.9. The Hall–Kier alpha value is -1.40. The van der Waals surface area contributed by atoms with E-state index in [1.807, 2.05) is 24.0 Å². The van der Waals surface area contributed by atoms with Crippen molar-refractivity contribution in [3.8, 4) is 0 Å². The average Bonchev–Trinajstić information content (AvgIpc) is 2.47. The summed E-state index contributed by atoms with van der Waals surface area (Å²) in [6, 6.07) is 5.13. The number of likely N-dealkylation sites (N-methyl/N-ethyl adjacent to an activating group) is 1. The summed E-state index contributed by atoms with van der Waals surface area (Å²) in [6.07, 6.45) is 0.800. The van der Waals surface area contributed by atoms with Gasteiger partial charge in [0.25, 0.3) is 0 Å². The molecule has 1 unspecified atom stereocenters. The number of ether oxygens (including phenoxy) is 1. The molecule has 1 aliphatic heterocycles. The molecule has 1 fully saturated rings. The summed E-state index contributed by atoms with van der Waals surface area (Å²) in [7, 11) is 0. The van der Waals surface area contributed by atoms with Gasteiger partial charge in [0.15, 0.2) is 6.29 Å². The van der Waals surface area contributed by atoms with E-state index in [0.29, 0.717) is 31.9 Å². The van der Waals surface area contributed by atoms with Crippen LogP contribution in [0, 0.1) is 0 Å². The first-order valence-corrected chi connectivity index (χ1v) is 7.33. The monoisotopic (exact) mass is 340 g/mol. The molecule has 1 amide bonds. The molecule has 1 atom stereocenters. The van der Waals surface area contributed by atoms with E-state index < -0.39 is 0 Å². The molecule has 0 bridgehead atoms. The minimum absolute atomic E-state index is 0.0391. The van der Waals surface area contributed by atoms with Crippen LogP contribution in [0.4, 0.5) is 5.69 Å². The molecular weight excluding hydrogens is 324 g/mol. The minimum Gasteiger partial charge on any atom is -0.377 e. The van der Waals surface area contributed by atoms with Gasteiger partial charge in [-0.2, -0.15) is 0 Å². The fourth-order valence-electron chi connectivity index (χ4n) is 2.21. The van der Waals surface area contributed by atoms with Crippen molar-refractivity contribution in [2.75, 3.05) is 31.2 Å². The Morgan fingerprint density at radius 3 is 3.05 bits per heavy atom. The highest BCUT2D eigenvalue weighted by Crippen LogP contribution is 2.26. The summed E-state index contributed by atoms with van der Waals surface area (Å²) in [5, 5.41) is 2.82. The Morgan fingerprint density at radius 2 is 2.40 bits per heavy atom. The number of carbonyl (C=O) groups is 2. The van der Waals surface area contributed by atoms with Gasteiger partial charge < -0.3 is 15.0 Å². The molecule has 1 aromatic rings. The molecule has 1 aromatic carbocycles. The van der Waals surface area contributed by atoms with Crippen LogP contribution in [0.3, 0.4) is 0 Å². The van der Waals surface area contributed by atoms with Crippen LogP contribution in [-0.4, -0.2) is 44.5 Å². The highest BCUT2D eigenvalue weighted by atomic mass is 79.9. The number of rotatable bonds is 4. The molecular formula is C14H17BrN2O3. The third-order valence-electron chi connectivity index (χ3n) is 3.22. The second kappa shape index (κ2) is 6.85. The van der Waals surface area contributed by atoms with Gasteiger partial charge >= 0.3 is 0 Å². The molecule has 5 nitrogen and oxygen atoms in total. The van der Waals surface area contributed by atoms with Gasteiger partial charge in [-0.1, -0.05) is 0 Å². The Kier molecular flexibility index (Phi) is 5.14. The van der Waals surface area contributed by atoms with Crippen LogP contribution in [0.1, 0.15) is 17.3 Å². The van der Waals surface area contributed by atoms with E-state index in [1.54, 1.807) is 6.07 Å². The van der Waals surface area contributed by atoms with E-state index in [9.17, 15) is 9.59 Å². The average molecular weight is 341 g/mol. The Labute approximate surface area is 126 Å². The number of aldehydes is 1. The predicted octanol–water partition coefficient (Wildman–Crippen LogP) is 1.60. The van der Waals surface area contributed by atoms with E-state index in [1.165, 1.54) is 0 Å². The highest BCUT2D eigenvalue weighted by molar-refractivity contribution is 9.10. The number of hydrogen-bond donors (Lipinski definition) is 1. The Balaban J connectivity index is 2.25. The number of nitrogens with one attached hydrogen (secondary N) is 1. The van der Waals surface area contributed by atoms with Gasteiger partial charge in [-0.25, -0.2) is 0 Å². The third kappa shape index (κ3) is 3.19. The van der Waals surface area contributed by atoms with E-state index in [-0.39, 0.29) is 11.9 Å². The van der Waals surface area contributed by atoms with Gasteiger partial charge in [0.05, 0.1) is 13.2 Å². The number of benzene rings is 1. The molecule has 6 heteroatoms. The van der Waals surface area contributed by atoms with Crippen molar-refractivity contribution in [3.63, 3.8) is 0 Å². The number of amides is 1. The predicted molar refractivity (Wildman–Crippen MR) is 80.2 cm³/mol. The third-order valence-corrected chi connectivity index (χ3v) is 3.91. The Bertz CT molecular complexity index is 507. The lowest BCUT2D eigenvalue weighted by atomic mass is 10.1. The maximum absolute atomic E-state index is 12.1. The minimum atomic E-state index is -0.335. The summed E-state index contributed by atoms with van der Waals surface area (Å²) in [5.41, 5.74) is 1.50. The fraction of sp³-hybridized carbons (Fsp3) is 0.429. The number of morpholine rings is 1. The second-order valence-electron chi connectivity index (χ2n) is 4.50. The lowest BCUT2D eigenvalue weighted by Crippen LogP contribution is -2.54. The van der Waals surface area contributed by atoms with Crippen molar-refractivity contribution < 1.29 is 14.3 Å². The molecule has 1 saturated heterocycles. The molecule has 108 valence electrons. The van der Waals surface area contributed by atoms with E-state index in [4.69, 9.17) is 4.74 Å². The maximum Gasteiger partial charge on any atom is 0.245 e. The lowest BCUT2D eigenvalue weighted by Gasteiger charge is -2.36. The normalized spacial score (nSPS) is 18.7. The zero-order chi connectivity index (χ0) is 14.5. The summed E-state index contributed by atoms with van der Waals surface area (Å²) < 4.78 is 6.13. The largest absolute Gasteiger partial charge is 0.377 e. The summed E-state index contributed by atoms with van der Waals surface area (Å²) in [5.74, 6) is -0.0391.